The van der Waals surface area contributed by atoms with Gasteiger partial charge in [-0.3, -0.25) is 9.59 Å². The molecule has 0 aromatic heterocycles. The topological polar surface area (TPSA) is 43.9 Å². The van der Waals surface area contributed by atoms with E-state index >= 15 is 0 Å². The van der Waals surface area contributed by atoms with E-state index in [1.807, 2.05) is 28.8 Å². The monoisotopic (exact) mass is 387 g/mol. The van der Waals surface area contributed by atoms with Gasteiger partial charge in [0.2, 0.25) is 11.8 Å². The van der Waals surface area contributed by atoms with Crippen LogP contribution in [0.15, 0.2) is 36.4 Å². The lowest BCUT2D eigenvalue weighted by molar-refractivity contribution is -0.138. The van der Waals surface area contributed by atoms with Gasteiger partial charge >= 0.3 is 0 Å². The summed E-state index contributed by atoms with van der Waals surface area (Å²) in [6.45, 7) is 2.97. The van der Waals surface area contributed by atoms with Gasteiger partial charge in [0.25, 0.3) is 0 Å². The molecule has 3 rings (SSSR count). The van der Waals surface area contributed by atoms with Crippen molar-refractivity contribution in [1.82, 2.24) is 14.7 Å². The number of rotatable bonds is 5. The highest BCUT2D eigenvalue weighted by molar-refractivity contribution is 5.80. The maximum atomic E-state index is 13.2. The minimum atomic E-state index is -0.265. The molecular formula is C22H30FN3O2. The maximum absolute atomic E-state index is 13.2. The van der Waals surface area contributed by atoms with Gasteiger partial charge in [-0.2, -0.15) is 0 Å². The summed E-state index contributed by atoms with van der Waals surface area (Å²) in [5.74, 6) is 0.333. The predicted molar refractivity (Wildman–Crippen MR) is 107 cm³/mol. The van der Waals surface area contributed by atoms with E-state index in [2.05, 4.69) is 12.2 Å². The largest absolute Gasteiger partial charge is 0.342 e. The summed E-state index contributed by atoms with van der Waals surface area (Å²) >= 11 is 0. The van der Waals surface area contributed by atoms with Gasteiger partial charge in [0.1, 0.15) is 5.82 Å². The number of halogens is 1. The second-order valence-corrected chi connectivity index (χ2v) is 8.11. The number of piperidine rings is 1. The predicted octanol–water partition coefficient (Wildman–Crippen LogP) is 2.53. The summed E-state index contributed by atoms with van der Waals surface area (Å²) in [6.07, 6.45) is 6.66. The molecule has 0 N–H and O–H groups in total. The van der Waals surface area contributed by atoms with Crippen molar-refractivity contribution in [1.29, 1.82) is 0 Å². The van der Waals surface area contributed by atoms with Gasteiger partial charge < -0.3 is 14.7 Å². The van der Waals surface area contributed by atoms with Crippen LogP contribution in [-0.2, 0) is 16.1 Å². The van der Waals surface area contributed by atoms with Gasteiger partial charge in [-0.05, 0) is 57.0 Å². The molecule has 2 aliphatic rings. The van der Waals surface area contributed by atoms with Crippen LogP contribution in [0, 0.1) is 17.7 Å². The Hall–Kier alpha value is -2.21. The van der Waals surface area contributed by atoms with E-state index in [4.69, 9.17) is 0 Å². The summed E-state index contributed by atoms with van der Waals surface area (Å²) in [5, 5.41) is 0. The minimum absolute atomic E-state index is 0.0368. The number of carbonyl (C=O) groups is 2. The van der Waals surface area contributed by atoms with Crippen molar-refractivity contribution in [3.63, 3.8) is 0 Å². The van der Waals surface area contributed by atoms with Crippen LogP contribution in [0.2, 0.25) is 0 Å². The summed E-state index contributed by atoms with van der Waals surface area (Å²) < 4.78 is 13.1. The van der Waals surface area contributed by atoms with Crippen LogP contribution in [0.3, 0.4) is 0 Å². The molecule has 0 aliphatic carbocycles. The molecule has 1 saturated heterocycles. The van der Waals surface area contributed by atoms with Crippen LogP contribution in [0.1, 0.15) is 24.8 Å². The molecule has 1 atom stereocenters. The number of carbonyl (C=O) groups excluding carboxylic acids is 2. The average molecular weight is 387 g/mol. The van der Waals surface area contributed by atoms with Gasteiger partial charge in [-0.25, -0.2) is 4.39 Å². The van der Waals surface area contributed by atoms with Crippen LogP contribution in [-0.4, -0.2) is 66.8 Å². The first-order chi connectivity index (χ1) is 13.4. The van der Waals surface area contributed by atoms with Gasteiger partial charge in [0.05, 0.1) is 6.54 Å². The summed E-state index contributed by atoms with van der Waals surface area (Å²) in [4.78, 5) is 31.1. The number of nitrogens with zero attached hydrogens (tertiary/aromatic N) is 3. The lowest BCUT2D eigenvalue weighted by Gasteiger charge is -2.37. The van der Waals surface area contributed by atoms with Crippen molar-refractivity contribution >= 4 is 11.8 Å². The molecule has 1 aromatic rings. The third kappa shape index (κ3) is 5.19. The number of benzene rings is 1. The van der Waals surface area contributed by atoms with E-state index in [9.17, 15) is 14.0 Å². The zero-order chi connectivity index (χ0) is 20.1. The summed E-state index contributed by atoms with van der Waals surface area (Å²) in [6, 6.07) is 6.35. The zero-order valence-corrected chi connectivity index (χ0v) is 16.8. The van der Waals surface area contributed by atoms with Crippen LogP contribution < -0.4 is 0 Å². The maximum Gasteiger partial charge on any atom is 0.236 e. The Morgan fingerprint density at radius 3 is 2.46 bits per heavy atom. The Morgan fingerprint density at radius 2 is 1.82 bits per heavy atom. The van der Waals surface area contributed by atoms with Gasteiger partial charge in [-0.1, -0.05) is 24.3 Å². The molecule has 0 spiro atoms. The lowest BCUT2D eigenvalue weighted by atomic mass is 9.81. The average Bonchev–Trinajstić information content (AvgIpc) is 2.85. The smallest absolute Gasteiger partial charge is 0.236 e. The highest BCUT2D eigenvalue weighted by Crippen LogP contribution is 2.31. The van der Waals surface area contributed by atoms with E-state index in [1.165, 1.54) is 12.1 Å². The highest BCUT2D eigenvalue weighted by atomic mass is 19.1. The fourth-order valence-corrected chi connectivity index (χ4v) is 4.14. The molecule has 2 heterocycles. The number of hydrogen-bond acceptors (Lipinski definition) is 3. The molecule has 0 radical (unpaired) electrons. The van der Waals surface area contributed by atoms with Gasteiger partial charge in [-0.15, -0.1) is 0 Å². The van der Waals surface area contributed by atoms with Crippen molar-refractivity contribution in [2.45, 2.75) is 25.8 Å². The molecule has 6 heteroatoms. The van der Waals surface area contributed by atoms with E-state index < -0.39 is 0 Å². The standard InChI is InChI=1S/C22H30FN3O2/c1-24(2)16-21(27)25-13-10-18(11-14-25)20-5-3-4-12-26(22(20)28)15-17-6-8-19(23)9-7-17/h3-4,6-9,18,20H,5,10-16H2,1-2H3/t20-/m1/s1. The minimum Gasteiger partial charge on any atom is -0.342 e. The molecule has 2 aliphatic heterocycles. The van der Waals surface area contributed by atoms with E-state index in [0.29, 0.717) is 25.6 Å². The Labute approximate surface area is 166 Å². The van der Waals surface area contributed by atoms with Crippen LogP contribution in [0.5, 0.6) is 0 Å². The number of amides is 2. The van der Waals surface area contributed by atoms with E-state index in [1.54, 1.807) is 12.1 Å². The van der Waals surface area contributed by atoms with Crippen molar-refractivity contribution in [2.24, 2.45) is 11.8 Å². The van der Waals surface area contributed by atoms with Gasteiger partial charge in [0.15, 0.2) is 0 Å². The molecule has 1 fully saturated rings. The molecule has 28 heavy (non-hydrogen) atoms. The molecule has 0 saturated carbocycles. The zero-order valence-electron chi connectivity index (χ0n) is 16.8. The number of likely N-dealkylation sites (tertiary alicyclic amines) is 1. The summed E-state index contributed by atoms with van der Waals surface area (Å²) in [7, 11) is 3.80. The van der Waals surface area contributed by atoms with Gasteiger partial charge in [0, 0.05) is 32.1 Å². The first-order valence-electron chi connectivity index (χ1n) is 10.0. The SMILES string of the molecule is CN(C)CC(=O)N1CCC([C@H]2CC=CCN(Cc3ccc(F)cc3)C2=O)CC1. The molecular weight excluding hydrogens is 357 g/mol. The second kappa shape index (κ2) is 9.32. The quantitative estimate of drug-likeness (QED) is 0.730. The Balaban J connectivity index is 1.60. The lowest BCUT2D eigenvalue weighted by Crippen LogP contribution is -2.46. The first-order valence-corrected chi connectivity index (χ1v) is 10.0. The fraction of sp³-hybridized carbons (Fsp3) is 0.545. The van der Waals surface area contributed by atoms with E-state index in [-0.39, 0.29) is 23.5 Å². The third-order valence-corrected chi connectivity index (χ3v) is 5.71. The second-order valence-electron chi connectivity index (χ2n) is 8.11. The van der Waals surface area contributed by atoms with Crippen LogP contribution in [0.25, 0.3) is 0 Å². The molecule has 1 aromatic carbocycles. The van der Waals surface area contributed by atoms with E-state index in [0.717, 1.165) is 37.9 Å². The molecule has 5 nitrogen and oxygen atoms in total. The van der Waals surface area contributed by atoms with Crippen molar-refractivity contribution in [3.8, 4) is 0 Å². The van der Waals surface area contributed by atoms with Crippen molar-refractivity contribution in [2.75, 3.05) is 40.3 Å². The molecule has 0 unspecified atom stereocenters. The number of hydrogen-bond donors (Lipinski definition) is 0. The van der Waals surface area contributed by atoms with Crippen LogP contribution >= 0.6 is 0 Å². The number of likely N-dealkylation sites (N-methyl/N-ethyl adjacent to an activating group) is 1. The van der Waals surface area contributed by atoms with Crippen molar-refractivity contribution in [3.05, 3.63) is 47.8 Å². The van der Waals surface area contributed by atoms with Crippen molar-refractivity contribution < 1.29 is 14.0 Å². The molecule has 2 amide bonds. The normalized spacial score (nSPS) is 21.3. The highest BCUT2D eigenvalue weighted by Gasteiger charge is 2.34. The third-order valence-electron chi connectivity index (χ3n) is 5.71. The Bertz CT molecular complexity index is 709. The summed E-state index contributed by atoms with van der Waals surface area (Å²) in [5.41, 5.74) is 0.938. The Kier molecular flexibility index (Phi) is 6.83. The molecule has 152 valence electrons. The number of allylic oxidation sites excluding steroid dienone is 1. The Morgan fingerprint density at radius 1 is 1.14 bits per heavy atom. The first kappa shape index (κ1) is 20.5. The van der Waals surface area contributed by atoms with Crippen LogP contribution in [0.4, 0.5) is 4.39 Å². The molecule has 0 bridgehead atoms. The fourth-order valence-electron chi connectivity index (χ4n) is 4.14.